The average molecular weight is 455 g/mol. The second kappa shape index (κ2) is 9.63. The quantitative estimate of drug-likeness (QED) is 0.304. The van der Waals surface area contributed by atoms with Crippen molar-refractivity contribution >= 4 is 52.3 Å². The summed E-state index contributed by atoms with van der Waals surface area (Å²) in [5.74, 6) is 1.82. The Morgan fingerprint density at radius 1 is 1.12 bits per heavy atom. The van der Waals surface area contributed by atoms with Crippen molar-refractivity contribution in [2.45, 2.75) is 12.8 Å². The first-order valence-electron chi connectivity index (χ1n) is 7.75. The molecule has 0 saturated heterocycles. The Labute approximate surface area is 163 Å². The summed E-state index contributed by atoms with van der Waals surface area (Å²) >= 11 is 1.79. The Kier molecular flexibility index (Phi) is 7.51. The van der Waals surface area contributed by atoms with Crippen LogP contribution in [0.15, 0.2) is 46.8 Å². The zero-order valence-corrected chi connectivity index (χ0v) is 16.7. The molecule has 5 nitrogen and oxygen atoms in total. The van der Waals surface area contributed by atoms with E-state index in [0.29, 0.717) is 0 Å². The molecule has 1 aromatic carbocycles. The fraction of sp³-hybridized carbons (Fsp3) is 0.294. The monoisotopic (exact) mass is 455 g/mol. The molecule has 24 heavy (non-hydrogen) atoms. The second-order valence-corrected chi connectivity index (χ2v) is 6.24. The van der Waals surface area contributed by atoms with E-state index in [0.717, 1.165) is 48.7 Å². The third-order valence-corrected chi connectivity index (χ3v) is 4.50. The first kappa shape index (κ1) is 18.7. The van der Waals surface area contributed by atoms with Crippen LogP contribution < -0.4 is 10.6 Å². The van der Waals surface area contributed by atoms with Crippen LogP contribution in [0.3, 0.4) is 0 Å². The van der Waals surface area contributed by atoms with Gasteiger partial charge in [-0.2, -0.15) is 0 Å². The van der Waals surface area contributed by atoms with Crippen LogP contribution in [-0.4, -0.2) is 36.1 Å². The van der Waals surface area contributed by atoms with Crippen molar-refractivity contribution in [2.24, 2.45) is 4.99 Å². The Morgan fingerprint density at radius 2 is 1.92 bits per heavy atom. The number of thiophene rings is 1. The van der Waals surface area contributed by atoms with Crippen LogP contribution >= 0.6 is 35.3 Å². The highest BCUT2D eigenvalue weighted by molar-refractivity contribution is 14.0. The highest BCUT2D eigenvalue weighted by atomic mass is 127. The maximum atomic E-state index is 4.58. The first-order valence-corrected chi connectivity index (χ1v) is 8.63. The molecule has 0 unspecified atom stereocenters. The molecular formula is C17H22IN5S. The van der Waals surface area contributed by atoms with Crippen LogP contribution in [0.5, 0.6) is 0 Å². The number of rotatable bonds is 6. The number of aromatic nitrogens is 2. The number of aromatic amines is 1. The van der Waals surface area contributed by atoms with E-state index in [1.807, 2.05) is 24.3 Å². The minimum Gasteiger partial charge on any atom is -0.356 e. The maximum Gasteiger partial charge on any atom is 0.191 e. The fourth-order valence-electron chi connectivity index (χ4n) is 2.40. The topological polar surface area (TPSA) is 65.1 Å². The molecule has 0 saturated carbocycles. The van der Waals surface area contributed by atoms with Gasteiger partial charge in [-0.15, -0.1) is 35.3 Å². The molecule has 2 aromatic heterocycles. The van der Waals surface area contributed by atoms with Gasteiger partial charge in [0.15, 0.2) is 5.96 Å². The standard InChI is InChI=1S/C17H21N5S.HI/c1-18-17(19-10-8-13-5-4-12-23-13)20-11-9-16-21-14-6-2-3-7-15(14)22-16;/h2-7,12H,8-11H2,1H3,(H,21,22)(H2,18,19,20);1H. The van der Waals surface area contributed by atoms with Gasteiger partial charge >= 0.3 is 0 Å². The Bertz CT molecular complexity index is 733. The molecular weight excluding hydrogens is 433 g/mol. The molecule has 7 heteroatoms. The molecule has 3 N–H and O–H groups in total. The van der Waals surface area contributed by atoms with Crippen LogP contribution in [0.25, 0.3) is 11.0 Å². The summed E-state index contributed by atoms with van der Waals surface area (Å²) in [4.78, 5) is 13.5. The third-order valence-electron chi connectivity index (χ3n) is 3.56. The van der Waals surface area contributed by atoms with E-state index in [9.17, 15) is 0 Å². The first-order chi connectivity index (χ1) is 11.3. The van der Waals surface area contributed by atoms with E-state index in [1.54, 1.807) is 18.4 Å². The Morgan fingerprint density at radius 3 is 2.62 bits per heavy atom. The number of guanidine groups is 1. The predicted molar refractivity (Wildman–Crippen MR) is 113 cm³/mol. The molecule has 0 fully saturated rings. The summed E-state index contributed by atoms with van der Waals surface area (Å²) in [5.41, 5.74) is 2.10. The lowest BCUT2D eigenvalue weighted by Crippen LogP contribution is -2.39. The number of aliphatic imine (C=N–C) groups is 1. The smallest absolute Gasteiger partial charge is 0.191 e. The van der Waals surface area contributed by atoms with Gasteiger partial charge in [-0.25, -0.2) is 4.98 Å². The highest BCUT2D eigenvalue weighted by Gasteiger charge is 2.03. The van der Waals surface area contributed by atoms with E-state index < -0.39 is 0 Å². The second-order valence-electron chi connectivity index (χ2n) is 5.21. The number of halogens is 1. The summed E-state index contributed by atoms with van der Waals surface area (Å²) in [6.07, 6.45) is 1.85. The van der Waals surface area contributed by atoms with Gasteiger partial charge in [0, 0.05) is 31.4 Å². The molecule has 3 rings (SSSR count). The number of nitrogens with zero attached hydrogens (tertiary/aromatic N) is 2. The highest BCUT2D eigenvalue weighted by Crippen LogP contribution is 2.10. The molecule has 3 aromatic rings. The van der Waals surface area contributed by atoms with Crippen LogP contribution in [0, 0.1) is 0 Å². The maximum absolute atomic E-state index is 4.58. The van der Waals surface area contributed by atoms with Crippen LogP contribution in [-0.2, 0) is 12.8 Å². The summed E-state index contributed by atoms with van der Waals surface area (Å²) < 4.78 is 0. The number of fused-ring (bicyclic) bond motifs is 1. The van der Waals surface area contributed by atoms with Crippen molar-refractivity contribution in [3.63, 3.8) is 0 Å². The van der Waals surface area contributed by atoms with Crippen LogP contribution in [0.1, 0.15) is 10.7 Å². The van der Waals surface area contributed by atoms with Crippen molar-refractivity contribution in [3.8, 4) is 0 Å². The van der Waals surface area contributed by atoms with Crippen LogP contribution in [0.2, 0.25) is 0 Å². The molecule has 0 aliphatic heterocycles. The molecule has 0 amide bonds. The lowest BCUT2D eigenvalue weighted by Gasteiger charge is -2.10. The number of para-hydroxylation sites is 2. The molecule has 128 valence electrons. The third kappa shape index (κ3) is 5.20. The number of nitrogens with one attached hydrogen (secondary N) is 3. The fourth-order valence-corrected chi connectivity index (χ4v) is 3.11. The van der Waals surface area contributed by atoms with E-state index in [1.165, 1.54) is 4.88 Å². The van der Waals surface area contributed by atoms with Crippen molar-refractivity contribution in [1.82, 2.24) is 20.6 Å². The van der Waals surface area contributed by atoms with Gasteiger partial charge in [0.05, 0.1) is 11.0 Å². The number of hydrogen-bond acceptors (Lipinski definition) is 3. The van der Waals surface area contributed by atoms with Gasteiger partial charge in [0.1, 0.15) is 5.82 Å². The van der Waals surface area contributed by atoms with Crippen molar-refractivity contribution in [3.05, 3.63) is 52.5 Å². The van der Waals surface area contributed by atoms with E-state index in [4.69, 9.17) is 0 Å². The van der Waals surface area contributed by atoms with E-state index in [2.05, 4.69) is 43.1 Å². The van der Waals surface area contributed by atoms with Gasteiger partial charge in [0.25, 0.3) is 0 Å². The van der Waals surface area contributed by atoms with Crippen molar-refractivity contribution in [1.29, 1.82) is 0 Å². The van der Waals surface area contributed by atoms with Gasteiger partial charge < -0.3 is 15.6 Å². The number of hydrogen-bond donors (Lipinski definition) is 3. The van der Waals surface area contributed by atoms with E-state index >= 15 is 0 Å². The average Bonchev–Trinajstić information content (AvgIpc) is 3.22. The molecule has 0 atom stereocenters. The zero-order chi connectivity index (χ0) is 15.9. The Hall–Kier alpha value is -1.61. The SMILES string of the molecule is CN=C(NCCc1nc2ccccc2[nH]1)NCCc1cccs1.I. The summed E-state index contributed by atoms with van der Waals surface area (Å²) in [5, 5.41) is 8.77. The minimum absolute atomic E-state index is 0. The summed E-state index contributed by atoms with van der Waals surface area (Å²) in [6.45, 7) is 1.67. The lowest BCUT2D eigenvalue weighted by atomic mass is 10.3. The van der Waals surface area contributed by atoms with Crippen molar-refractivity contribution < 1.29 is 0 Å². The zero-order valence-electron chi connectivity index (χ0n) is 13.6. The molecule has 0 aliphatic carbocycles. The van der Waals surface area contributed by atoms with Crippen LogP contribution in [0.4, 0.5) is 0 Å². The minimum atomic E-state index is 0. The normalized spacial score (nSPS) is 11.3. The number of benzene rings is 1. The largest absolute Gasteiger partial charge is 0.356 e. The van der Waals surface area contributed by atoms with E-state index in [-0.39, 0.29) is 24.0 Å². The summed E-state index contributed by atoms with van der Waals surface area (Å²) in [7, 11) is 1.79. The Balaban J connectivity index is 0.00000208. The van der Waals surface area contributed by atoms with Gasteiger partial charge in [-0.05, 0) is 30.0 Å². The van der Waals surface area contributed by atoms with Gasteiger partial charge in [0.2, 0.25) is 0 Å². The molecule has 0 bridgehead atoms. The number of imidazole rings is 1. The number of H-pyrrole nitrogens is 1. The van der Waals surface area contributed by atoms with Crippen molar-refractivity contribution in [2.75, 3.05) is 20.1 Å². The molecule has 0 radical (unpaired) electrons. The van der Waals surface area contributed by atoms with Gasteiger partial charge in [-0.1, -0.05) is 18.2 Å². The lowest BCUT2D eigenvalue weighted by molar-refractivity contribution is 0.772. The van der Waals surface area contributed by atoms with Gasteiger partial charge in [-0.3, -0.25) is 4.99 Å². The molecule has 0 spiro atoms. The predicted octanol–water partition coefficient (Wildman–Crippen LogP) is 3.19. The molecule has 0 aliphatic rings. The summed E-state index contributed by atoms with van der Waals surface area (Å²) in [6, 6.07) is 12.3. The molecule has 2 heterocycles.